The Balaban J connectivity index is 1.52. The van der Waals surface area contributed by atoms with E-state index >= 15 is 0 Å². The molecule has 0 aromatic heterocycles. The highest BCUT2D eigenvalue weighted by molar-refractivity contribution is 7.89. The van der Waals surface area contributed by atoms with Gasteiger partial charge in [-0.15, -0.1) is 0 Å². The van der Waals surface area contributed by atoms with Gasteiger partial charge >= 0.3 is 12.0 Å². The fraction of sp³-hybridized carbons (Fsp3) is 0.286. The van der Waals surface area contributed by atoms with Crippen molar-refractivity contribution in [1.82, 2.24) is 10.0 Å². The summed E-state index contributed by atoms with van der Waals surface area (Å²) in [6.45, 7) is 0.936. The zero-order valence-corrected chi connectivity index (χ0v) is 19.1. The molecule has 1 heterocycles. The van der Waals surface area contributed by atoms with Gasteiger partial charge in [-0.2, -0.15) is 4.72 Å². The van der Waals surface area contributed by atoms with Gasteiger partial charge < -0.3 is 24.6 Å². The zero-order valence-electron chi connectivity index (χ0n) is 18.3. The zero-order chi connectivity index (χ0) is 25.6. The summed E-state index contributed by atoms with van der Waals surface area (Å²) in [5.41, 5.74) is 0.306. The number of aliphatic hydroxyl groups is 1. The minimum absolute atomic E-state index is 0.306. The van der Waals surface area contributed by atoms with E-state index in [4.69, 9.17) is 14.2 Å². The highest BCUT2D eigenvalue weighted by Crippen LogP contribution is 2.32. The Morgan fingerprint density at radius 1 is 1.09 bits per heavy atom. The number of carbonyl (C=O) groups is 3. The number of urea groups is 1. The Morgan fingerprint density at radius 3 is 2.40 bits per heavy atom. The van der Waals surface area contributed by atoms with Crippen molar-refractivity contribution >= 4 is 33.6 Å². The van der Waals surface area contributed by atoms with Crippen LogP contribution >= 0.6 is 0 Å². The number of imide groups is 1. The average molecular weight is 511 g/mol. The molecular weight excluding hydrogens is 489 g/mol. The molecule has 14 heteroatoms. The number of anilines is 1. The van der Waals surface area contributed by atoms with Crippen molar-refractivity contribution in [3.8, 4) is 11.5 Å². The molecule has 0 fully saturated rings. The van der Waals surface area contributed by atoms with Crippen LogP contribution in [0.5, 0.6) is 11.5 Å². The first-order valence-electron chi connectivity index (χ1n) is 10.2. The maximum atomic E-state index is 13.0. The van der Waals surface area contributed by atoms with Crippen molar-refractivity contribution in [2.75, 3.05) is 25.1 Å². The molecular formula is C21H22FN3O9S. The number of esters is 1. The molecule has 3 rings (SSSR count). The van der Waals surface area contributed by atoms with Crippen LogP contribution in [0.25, 0.3) is 0 Å². The number of carbonyl (C=O) groups excluding carboxylic acids is 3. The lowest BCUT2D eigenvalue weighted by molar-refractivity contribution is -0.152. The van der Waals surface area contributed by atoms with Crippen molar-refractivity contribution in [2.45, 2.75) is 24.0 Å². The van der Waals surface area contributed by atoms with E-state index < -0.39 is 52.5 Å². The van der Waals surface area contributed by atoms with Gasteiger partial charge in [-0.25, -0.2) is 17.6 Å². The van der Waals surface area contributed by atoms with Crippen LogP contribution in [0.4, 0.5) is 14.9 Å². The number of hydrogen-bond donors (Lipinski definition) is 4. The number of amides is 3. The minimum Gasteiger partial charge on any atom is -0.486 e. The van der Waals surface area contributed by atoms with Crippen LogP contribution < -0.4 is 24.8 Å². The Bertz CT molecular complexity index is 1200. The molecule has 0 bridgehead atoms. The monoisotopic (exact) mass is 511 g/mol. The number of hydrogen-bond acceptors (Lipinski definition) is 9. The topological polar surface area (TPSA) is 169 Å². The standard InChI is InChI=1S/C21H22FN3O9S/c1-12(26)19(25-35(30,31)15-5-2-13(22)3-6-15)20(28)34-11-18(27)24-21(29)23-14-4-7-16-17(10-14)33-9-8-32-16/h2-7,10,12,19,25-26H,8-9,11H2,1H3,(H2,23,24,27,29)/t12-,19-/m0/s1. The van der Waals surface area contributed by atoms with Crippen LogP contribution in [-0.4, -0.2) is 63.4 Å². The highest BCUT2D eigenvalue weighted by atomic mass is 32.2. The molecule has 2 aromatic rings. The number of fused-ring (bicyclic) bond motifs is 1. The highest BCUT2D eigenvalue weighted by Gasteiger charge is 2.31. The Labute approximate surface area is 199 Å². The number of sulfonamides is 1. The van der Waals surface area contributed by atoms with E-state index in [0.717, 1.165) is 31.2 Å². The normalized spacial score (nSPS) is 14.4. The second-order valence-corrected chi connectivity index (χ2v) is 8.98. The Morgan fingerprint density at radius 2 is 1.74 bits per heavy atom. The summed E-state index contributed by atoms with van der Waals surface area (Å²) in [6.07, 6.45) is -1.54. The fourth-order valence-electron chi connectivity index (χ4n) is 2.87. The predicted octanol–water partition coefficient (Wildman–Crippen LogP) is 0.516. The minimum atomic E-state index is -4.33. The number of benzene rings is 2. The van der Waals surface area contributed by atoms with E-state index in [-0.39, 0.29) is 4.90 Å². The second-order valence-electron chi connectivity index (χ2n) is 7.26. The molecule has 0 unspecified atom stereocenters. The van der Waals surface area contributed by atoms with E-state index in [1.165, 1.54) is 12.1 Å². The fourth-order valence-corrected chi connectivity index (χ4v) is 4.12. The van der Waals surface area contributed by atoms with Crippen molar-refractivity contribution in [2.24, 2.45) is 0 Å². The third kappa shape index (κ3) is 7.11. The van der Waals surface area contributed by atoms with Crippen LogP contribution in [0.3, 0.4) is 0 Å². The second kappa shape index (κ2) is 11.1. The van der Waals surface area contributed by atoms with Gasteiger partial charge in [0.1, 0.15) is 25.1 Å². The maximum absolute atomic E-state index is 13.0. The lowest BCUT2D eigenvalue weighted by Gasteiger charge is -2.20. The van der Waals surface area contributed by atoms with Crippen LogP contribution in [-0.2, 0) is 24.3 Å². The third-order valence-corrected chi connectivity index (χ3v) is 6.00. The molecule has 2 aromatic carbocycles. The van der Waals surface area contributed by atoms with Crippen LogP contribution in [0.15, 0.2) is 47.4 Å². The summed E-state index contributed by atoms with van der Waals surface area (Å²) in [5, 5.41) is 14.2. The average Bonchev–Trinajstić information content (AvgIpc) is 2.81. The SMILES string of the molecule is C[C@H](O)[C@H](NS(=O)(=O)c1ccc(F)cc1)C(=O)OCC(=O)NC(=O)Nc1ccc2c(c1)OCCO2. The van der Waals surface area contributed by atoms with Crippen molar-refractivity contribution in [3.05, 3.63) is 48.3 Å². The summed E-state index contributed by atoms with van der Waals surface area (Å²) < 4.78 is 55.3. The molecule has 4 N–H and O–H groups in total. The lowest BCUT2D eigenvalue weighted by atomic mass is 10.2. The molecule has 12 nitrogen and oxygen atoms in total. The summed E-state index contributed by atoms with van der Waals surface area (Å²) in [7, 11) is -4.33. The first-order valence-corrected chi connectivity index (χ1v) is 11.7. The van der Waals surface area contributed by atoms with E-state index in [9.17, 15) is 32.3 Å². The van der Waals surface area contributed by atoms with Crippen LogP contribution in [0.2, 0.25) is 0 Å². The largest absolute Gasteiger partial charge is 0.486 e. The van der Waals surface area contributed by atoms with E-state index in [2.05, 4.69) is 5.32 Å². The van der Waals surface area contributed by atoms with Gasteiger partial charge in [-0.1, -0.05) is 0 Å². The van der Waals surface area contributed by atoms with Gasteiger partial charge in [0.15, 0.2) is 18.1 Å². The van der Waals surface area contributed by atoms with E-state index in [1.54, 1.807) is 6.07 Å². The van der Waals surface area contributed by atoms with Crippen molar-refractivity contribution < 1.29 is 46.5 Å². The van der Waals surface area contributed by atoms with Crippen LogP contribution in [0.1, 0.15) is 6.92 Å². The number of rotatable bonds is 8. The lowest BCUT2D eigenvalue weighted by Crippen LogP contribution is -2.49. The molecule has 1 aliphatic heterocycles. The Hall–Kier alpha value is -3.75. The molecule has 3 amide bonds. The molecule has 0 spiro atoms. The van der Waals surface area contributed by atoms with Gasteiger partial charge in [0.2, 0.25) is 10.0 Å². The van der Waals surface area contributed by atoms with E-state index in [0.29, 0.717) is 30.4 Å². The molecule has 2 atom stereocenters. The number of nitrogens with one attached hydrogen (secondary N) is 3. The van der Waals surface area contributed by atoms with Crippen molar-refractivity contribution in [3.63, 3.8) is 0 Å². The molecule has 35 heavy (non-hydrogen) atoms. The quantitative estimate of drug-likeness (QED) is 0.369. The van der Waals surface area contributed by atoms with Gasteiger partial charge in [0, 0.05) is 11.8 Å². The van der Waals surface area contributed by atoms with Crippen LogP contribution in [0, 0.1) is 5.82 Å². The molecule has 1 aliphatic rings. The molecule has 0 saturated heterocycles. The van der Waals surface area contributed by atoms with Gasteiger partial charge in [0.25, 0.3) is 5.91 Å². The number of aliphatic hydroxyl groups excluding tert-OH is 1. The van der Waals surface area contributed by atoms with Gasteiger partial charge in [0.05, 0.1) is 11.0 Å². The molecule has 188 valence electrons. The maximum Gasteiger partial charge on any atom is 0.327 e. The Kier molecular flexibility index (Phi) is 8.22. The van der Waals surface area contributed by atoms with Gasteiger partial charge in [-0.05, 0) is 43.3 Å². The van der Waals surface area contributed by atoms with Crippen molar-refractivity contribution in [1.29, 1.82) is 0 Å². The predicted molar refractivity (Wildman–Crippen MR) is 118 cm³/mol. The first kappa shape index (κ1) is 25.9. The van der Waals surface area contributed by atoms with E-state index in [1.807, 2.05) is 10.0 Å². The molecule has 0 saturated carbocycles. The summed E-state index contributed by atoms with van der Waals surface area (Å²) in [4.78, 5) is 35.9. The first-order chi connectivity index (χ1) is 16.5. The number of ether oxygens (including phenoxy) is 3. The molecule has 0 aliphatic carbocycles. The smallest absolute Gasteiger partial charge is 0.327 e. The summed E-state index contributed by atoms with van der Waals surface area (Å²) >= 11 is 0. The summed E-state index contributed by atoms with van der Waals surface area (Å²) in [5.74, 6) is -2.03. The third-order valence-electron chi connectivity index (χ3n) is 4.54. The molecule has 0 radical (unpaired) electrons. The number of halogens is 1. The van der Waals surface area contributed by atoms with Gasteiger partial charge in [-0.3, -0.25) is 14.9 Å². The summed E-state index contributed by atoms with van der Waals surface area (Å²) in [6, 6.07) is 5.66.